The van der Waals surface area contributed by atoms with Crippen LogP contribution in [0.5, 0.6) is 0 Å². The van der Waals surface area contributed by atoms with Crippen LogP contribution in [0, 0.1) is 0 Å². The SMILES string of the molecule is Cl.O=C(CSc1nnc(-c2ccncc2)o1)Nc1ccc(Cl)cc1Cl. The number of anilines is 1. The van der Waals surface area contributed by atoms with Gasteiger partial charge in [-0.25, -0.2) is 0 Å². The first-order valence-corrected chi connectivity index (χ1v) is 8.47. The Morgan fingerprint density at radius 3 is 2.64 bits per heavy atom. The van der Waals surface area contributed by atoms with Crippen LogP contribution >= 0.6 is 47.4 Å². The molecule has 25 heavy (non-hydrogen) atoms. The number of thioether (sulfide) groups is 1. The van der Waals surface area contributed by atoms with Gasteiger partial charge in [0.05, 0.1) is 16.5 Å². The summed E-state index contributed by atoms with van der Waals surface area (Å²) in [4.78, 5) is 15.9. The summed E-state index contributed by atoms with van der Waals surface area (Å²) < 4.78 is 5.50. The minimum absolute atomic E-state index is 0. The van der Waals surface area contributed by atoms with Gasteiger partial charge in [-0.15, -0.1) is 22.6 Å². The van der Waals surface area contributed by atoms with Crippen molar-refractivity contribution in [3.8, 4) is 11.5 Å². The highest BCUT2D eigenvalue weighted by atomic mass is 35.5. The second-order valence-corrected chi connectivity index (χ2v) is 6.34. The van der Waals surface area contributed by atoms with Crippen molar-refractivity contribution < 1.29 is 9.21 Å². The molecule has 0 saturated carbocycles. The molecule has 0 aliphatic carbocycles. The fourth-order valence-electron chi connectivity index (χ4n) is 1.78. The second-order valence-electron chi connectivity index (χ2n) is 4.57. The highest BCUT2D eigenvalue weighted by molar-refractivity contribution is 7.99. The van der Waals surface area contributed by atoms with E-state index in [-0.39, 0.29) is 24.1 Å². The van der Waals surface area contributed by atoms with E-state index in [0.29, 0.717) is 26.8 Å². The average molecular weight is 418 g/mol. The van der Waals surface area contributed by atoms with Gasteiger partial charge in [-0.05, 0) is 30.3 Å². The Kier molecular flexibility index (Phi) is 7.07. The maximum absolute atomic E-state index is 12.0. The first-order valence-electron chi connectivity index (χ1n) is 6.73. The average Bonchev–Trinajstić information content (AvgIpc) is 3.05. The van der Waals surface area contributed by atoms with Gasteiger partial charge >= 0.3 is 0 Å². The molecule has 0 radical (unpaired) electrons. The van der Waals surface area contributed by atoms with Crippen molar-refractivity contribution in [1.29, 1.82) is 0 Å². The van der Waals surface area contributed by atoms with E-state index < -0.39 is 0 Å². The molecular weight excluding hydrogens is 407 g/mol. The number of hydrogen-bond donors (Lipinski definition) is 1. The fourth-order valence-corrected chi connectivity index (χ4v) is 2.80. The fraction of sp³-hybridized carbons (Fsp3) is 0.0667. The van der Waals surface area contributed by atoms with E-state index in [4.69, 9.17) is 27.6 Å². The van der Waals surface area contributed by atoms with E-state index in [0.717, 1.165) is 17.3 Å². The number of nitrogens with zero attached hydrogens (tertiary/aromatic N) is 3. The van der Waals surface area contributed by atoms with E-state index in [1.54, 1.807) is 42.7 Å². The number of hydrogen-bond acceptors (Lipinski definition) is 6. The molecule has 3 aromatic rings. The minimum Gasteiger partial charge on any atom is -0.411 e. The van der Waals surface area contributed by atoms with E-state index >= 15 is 0 Å². The Morgan fingerprint density at radius 2 is 1.92 bits per heavy atom. The topological polar surface area (TPSA) is 80.9 Å². The lowest BCUT2D eigenvalue weighted by atomic mass is 10.3. The maximum atomic E-state index is 12.0. The smallest absolute Gasteiger partial charge is 0.277 e. The largest absolute Gasteiger partial charge is 0.411 e. The molecule has 0 fully saturated rings. The van der Waals surface area contributed by atoms with Crippen LogP contribution < -0.4 is 5.32 Å². The van der Waals surface area contributed by atoms with Gasteiger partial charge in [0.15, 0.2) is 0 Å². The molecule has 1 N–H and O–H groups in total. The standard InChI is InChI=1S/C15H10Cl2N4O2S.ClH/c16-10-1-2-12(11(17)7-10)19-13(22)8-24-15-21-20-14(23-15)9-3-5-18-6-4-9;/h1-7H,8H2,(H,19,22);1H. The Labute approximate surface area is 163 Å². The summed E-state index contributed by atoms with van der Waals surface area (Å²) >= 11 is 13.0. The number of halogens is 3. The molecule has 6 nitrogen and oxygen atoms in total. The van der Waals surface area contributed by atoms with E-state index in [2.05, 4.69) is 20.5 Å². The molecule has 130 valence electrons. The number of amides is 1. The highest BCUT2D eigenvalue weighted by Gasteiger charge is 2.12. The van der Waals surface area contributed by atoms with E-state index in [1.807, 2.05) is 0 Å². The molecule has 10 heteroatoms. The van der Waals surface area contributed by atoms with Crippen molar-refractivity contribution >= 4 is 59.0 Å². The number of nitrogens with one attached hydrogen (secondary N) is 1. The van der Waals surface area contributed by atoms with Crippen LogP contribution in [0.25, 0.3) is 11.5 Å². The number of rotatable bonds is 5. The summed E-state index contributed by atoms with van der Waals surface area (Å²) in [7, 11) is 0. The third-order valence-electron chi connectivity index (χ3n) is 2.87. The predicted molar refractivity (Wildman–Crippen MR) is 101 cm³/mol. The van der Waals surface area contributed by atoms with Gasteiger partial charge in [0.1, 0.15) is 0 Å². The van der Waals surface area contributed by atoms with Crippen LogP contribution in [0.1, 0.15) is 0 Å². The molecule has 3 rings (SSSR count). The van der Waals surface area contributed by atoms with Gasteiger partial charge in [0.25, 0.3) is 5.22 Å². The van der Waals surface area contributed by atoms with Crippen molar-refractivity contribution in [3.05, 3.63) is 52.8 Å². The summed E-state index contributed by atoms with van der Waals surface area (Å²) in [6.07, 6.45) is 3.27. The zero-order chi connectivity index (χ0) is 16.9. The van der Waals surface area contributed by atoms with Crippen molar-refractivity contribution in [2.24, 2.45) is 0 Å². The van der Waals surface area contributed by atoms with Crippen LogP contribution in [-0.2, 0) is 4.79 Å². The summed E-state index contributed by atoms with van der Waals surface area (Å²) in [6.45, 7) is 0. The molecule has 0 aliphatic rings. The molecule has 0 unspecified atom stereocenters. The van der Waals surface area contributed by atoms with Gasteiger partial charge in [-0.1, -0.05) is 35.0 Å². The van der Waals surface area contributed by atoms with Gasteiger partial charge in [-0.2, -0.15) is 0 Å². The lowest BCUT2D eigenvalue weighted by Gasteiger charge is -2.06. The van der Waals surface area contributed by atoms with Crippen molar-refractivity contribution in [2.45, 2.75) is 5.22 Å². The van der Waals surface area contributed by atoms with Gasteiger partial charge in [0, 0.05) is 23.0 Å². The zero-order valence-electron chi connectivity index (χ0n) is 12.5. The van der Waals surface area contributed by atoms with Crippen LogP contribution in [-0.4, -0.2) is 26.8 Å². The Morgan fingerprint density at radius 1 is 1.16 bits per heavy atom. The number of benzene rings is 1. The lowest BCUT2D eigenvalue weighted by Crippen LogP contribution is -2.14. The maximum Gasteiger partial charge on any atom is 0.277 e. The molecule has 0 atom stereocenters. The summed E-state index contributed by atoms with van der Waals surface area (Å²) in [5.41, 5.74) is 1.26. The summed E-state index contributed by atoms with van der Waals surface area (Å²) in [6, 6.07) is 8.37. The molecular formula is C15H11Cl3N4O2S. The monoisotopic (exact) mass is 416 g/mol. The molecule has 0 bridgehead atoms. The molecule has 0 aliphatic heterocycles. The van der Waals surface area contributed by atoms with Crippen molar-refractivity contribution in [1.82, 2.24) is 15.2 Å². The second kappa shape index (κ2) is 9.05. The Bertz CT molecular complexity index is 861. The van der Waals surface area contributed by atoms with Crippen LogP contribution in [0.2, 0.25) is 10.0 Å². The predicted octanol–water partition coefficient (Wildman–Crippen LogP) is 4.59. The van der Waals surface area contributed by atoms with Crippen molar-refractivity contribution in [2.75, 3.05) is 11.1 Å². The van der Waals surface area contributed by atoms with E-state index in [1.165, 1.54) is 0 Å². The molecule has 0 saturated heterocycles. The van der Waals surface area contributed by atoms with Crippen LogP contribution in [0.15, 0.2) is 52.4 Å². The first kappa shape index (κ1) is 19.5. The Hall–Kier alpha value is -1.80. The molecule has 1 amide bonds. The molecule has 1 aromatic carbocycles. The molecule has 0 spiro atoms. The minimum atomic E-state index is -0.243. The van der Waals surface area contributed by atoms with Crippen molar-refractivity contribution in [3.63, 3.8) is 0 Å². The van der Waals surface area contributed by atoms with Crippen LogP contribution in [0.3, 0.4) is 0 Å². The van der Waals surface area contributed by atoms with E-state index in [9.17, 15) is 4.79 Å². The number of carbonyl (C=O) groups is 1. The summed E-state index contributed by atoms with van der Waals surface area (Å²) in [5.74, 6) is 0.241. The van der Waals surface area contributed by atoms with Crippen LogP contribution in [0.4, 0.5) is 5.69 Å². The quantitative estimate of drug-likeness (QED) is 0.611. The number of aromatic nitrogens is 3. The summed E-state index contributed by atoms with van der Waals surface area (Å²) in [5, 5.41) is 11.7. The first-order chi connectivity index (χ1) is 11.6. The van der Waals surface area contributed by atoms with Gasteiger partial charge < -0.3 is 9.73 Å². The number of pyridine rings is 1. The zero-order valence-corrected chi connectivity index (χ0v) is 15.6. The Balaban J connectivity index is 0.00000225. The highest BCUT2D eigenvalue weighted by Crippen LogP contribution is 2.26. The lowest BCUT2D eigenvalue weighted by molar-refractivity contribution is -0.113. The van der Waals surface area contributed by atoms with Gasteiger partial charge in [-0.3, -0.25) is 9.78 Å². The molecule has 2 aromatic heterocycles. The third-order valence-corrected chi connectivity index (χ3v) is 4.23. The van der Waals surface area contributed by atoms with Gasteiger partial charge in [0.2, 0.25) is 11.8 Å². The third kappa shape index (κ3) is 5.34. The number of carbonyl (C=O) groups excluding carboxylic acids is 1. The molecule has 2 heterocycles. The normalized spacial score (nSPS) is 10.2.